The number of nitrogens with zero attached hydrogens (tertiary/aromatic N) is 2. The number of hydrogen-bond acceptors (Lipinski definition) is 3. The predicted octanol–water partition coefficient (Wildman–Crippen LogP) is 3.91. The standard InChI is InChI=1S/C19H18N2O2.ClH/c22-19(23)12-17-14-20-13-16-8-4-5-9-18(16)21(17)11-10-15-6-2-1-3-7-15;/h1-9,13-14H,10-12H2,(H,22,23);1H. The number of anilines is 1. The summed E-state index contributed by atoms with van der Waals surface area (Å²) in [5.41, 5.74) is 3.92. The lowest BCUT2D eigenvalue weighted by molar-refractivity contribution is -0.136. The first-order valence-corrected chi connectivity index (χ1v) is 7.58. The van der Waals surface area contributed by atoms with E-state index in [-0.39, 0.29) is 18.8 Å². The quantitative estimate of drug-likeness (QED) is 0.896. The third-order valence-corrected chi connectivity index (χ3v) is 3.81. The lowest BCUT2D eigenvalue weighted by Crippen LogP contribution is -2.27. The summed E-state index contributed by atoms with van der Waals surface area (Å²) in [6.45, 7) is 0.712. The summed E-state index contributed by atoms with van der Waals surface area (Å²) >= 11 is 0. The van der Waals surface area contributed by atoms with E-state index in [1.807, 2.05) is 42.5 Å². The summed E-state index contributed by atoms with van der Waals surface area (Å²) in [7, 11) is 0. The fourth-order valence-corrected chi connectivity index (χ4v) is 2.72. The van der Waals surface area contributed by atoms with Crippen molar-refractivity contribution in [2.24, 2.45) is 4.99 Å². The van der Waals surface area contributed by atoms with Crippen molar-refractivity contribution < 1.29 is 9.90 Å². The van der Waals surface area contributed by atoms with Crippen molar-refractivity contribution in [3.63, 3.8) is 0 Å². The molecule has 3 rings (SSSR count). The topological polar surface area (TPSA) is 52.9 Å². The van der Waals surface area contributed by atoms with Gasteiger partial charge in [0.2, 0.25) is 0 Å². The van der Waals surface area contributed by atoms with Crippen LogP contribution in [0.5, 0.6) is 0 Å². The van der Waals surface area contributed by atoms with Crippen LogP contribution in [0.3, 0.4) is 0 Å². The Kier molecular flexibility index (Phi) is 6.15. The maximum atomic E-state index is 11.2. The number of hydrogen-bond donors (Lipinski definition) is 1. The normalized spacial score (nSPS) is 12.7. The molecule has 2 aromatic rings. The van der Waals surface area contributed by atoms with Crippen molar-refractivity contribution >= 4 is 30.3 Å². The minimum atomic E-state index is -0.851. The monoisotopic (exact) mass is 342 g/mol. The van der Waals surface area contributed by atoms with E-state index in [1.54, 1.807) is 12.4 Å². The summed E-state index contributed by atoms with van der Waals surface area (Å²) < 4.78 is 0. The Balaban J connectivity index is 0.00000208. The summed E-state index contributed by atoms with van der Waals surface area (Å²) in [6, 6.07) is 18.1. The Labute approximate surface area is 147 Å². The van der Waals surface area contributed by atoms with E-state index >= 15 is 0 Å². The van der Waals surface area contributed by atoms with Crippen LogP contribution in [-0.4, -0.2) is 23.8 Å². The molecule has 1 aliphatic rings. The number of benzene rings is 2. The van der Waals surface area contributed by atoms with Gasteiger partial charge in [-0.15, -0.1) is 12.4 Å². The molecule has 1 aliphatic heterocycles. The zero-order valence-electron chi connectivity index (χ0n) is 13.1. The highest BCUT2D eigenvalue weighted by atomic mass is 35.5. The lowest BCUT2D eigenvalue weighted by atomic mass is 10.1. The number of aliphatic imine (C=N–C) groups is 1. The maximum Gasteiger partial charge on any atom is 0.309 e. The highest BCUT2D eigenvalue weighted by Crippen LogP contribution is 2.27. The largest absolute Gasteiger partial charge is 0.481 e. The van der Waals surface area contributed by atoms with E-state index < -0.39 is 5.97 Å². The zero-order chi connectivity index (χ0) is 16.1. The summed E-state index contributed by atoms with van der Waals surface area (Å²) in [4.78, 5) is 17.5. The second-order valence-corrected chi connectivity index (χ2v) is 5.42. The van der Waals surface area contributed by atoms with Gasteiger partial charge in [-0.05, 0) is 18.1 Å². The highest BCUT2D eigenvalue weighted by molar-refractivity contribution is 5.90. The molecule has 0 unspecified atom stereocenters. The SMILES string of the molecule is Cl.O=C(O)CC1=CN=Cc2ccccc2N1CCc1ccccc1. The van der Waals surface area contributed by atoms with E-state index in [2.05, 4.69) is 22.0 Å². The van der Waals surface area contributed by atoms with Crippen molar-refractivity contribution in [2.45, 2.75) is 12.8 Å². The minimum Gasteiger partial charge on any atom is -0.481 e. The number of rotatable bonds is 5. The zero-order valence-corrected chi connectivity index (χ0v) is 13.9. The van der Waals surface area contributed by atoms with Gasteiger partial charge in [-0.2, -0.15) is 0 Å². The van der Waals surface area contributed by atoms with Crippen molar-refractivity contribution in [3.05, 3.63) is 77.6 Å². The molecule has 0 amide bonds. The van der Waals surface area contributed by atoms with Crippen LogP contribution in [0.25, 0.3) is 0 Å². The molecule has 0 bridgehead atoms. The van der Waals surface area contributed by atoms with E-state index in [4.69, 9.17) is 0 Å². The maximum absolute atomic E-state index is 11.2. The number of carboxylic acid groups (broad SMARTS) is 1. The number of aliphatic carboxylic acids is 1. The van der Waals surface area contributed by atoms with Gasteiger partial charge in [0.05, 0.1) is 6.42 Å². The van der Waals surface area contributed by atoms with Crippen LogP contribution in [0, 0.1) is 0 Å². The second-order valence-electron chi connectivity index (χ2n) is 5.42. The highest BCUT2D eigenvalue weighted by Gasteiger charge is 2.19. The molecule has 0 atom stereocenters. The van der Waals surface area contributed by atoms with Crippen LogP contribution in [0.15, 0.2) is 71.5 Å². The molecule has 2 aromatic carbocycles. The van der Waals surface area contributed by atoms with Crippen LogP contribution in [0.2, 0.25) is 0 Å². The van der Waals surface area contributed by atoms with Gasteiger partial charge >= 0.3 is 5.97 Å². The van der Waals surface area contributed by atoms with Crippen LogP contribution < -0.4 is 4.90 Å². The summed E-state index contributed by atoms with van der Waals surface area (Å²) in [5.74, 6) is -0.851. The van der Waals surface area contributed by atoms with Gasteiger partial charge < -0.3 is 10.0 Å². The van der Waals surface area contributed by atoms with Gasteiger partial charge in [-0.3, -0.25) is 9.79 Å². The third-order valence-electron chi connectivity index (χ3n) is 3.81. The van der Waals surface area contributed by atoms with Crippen molar-refractivity contribution in [2.75, 3.05) is 11.4 Å². The van der Waals surface area contributed by atoms with Crippen molar-refractivity contribution in [3.8, 4) is 0 Å². The van der Waals surface area contributed by atoms with Crippen LogP contribution in [0.4, 0.5) is 5.69 Å². The molecule has 0 radical (unpaired) electrons. The molecule has 124 valence electrons. The van der Waals surface area contributed by atoms with E-state index in [0.29, 0.717) is 12.2 Å². The summed E-state index contributed by atoms with van der Waals surface area (Å²) in [5, 5.41) is 9.19. The van der Waals surface area contributed by atoms with Gasteiger partial charge in [0, 0.05) is 35.9 Å². The number of carbonyl (C=O) groups is 1. The van der Waals surface area contributed by atoms with Gasteiger partial charge in [-0.1, -0.05) is 48.5 Å². The smallest absolute Gasteiger partial charge is 0.309 e. The van der Waals surface area contributed by atoms with E-state index in [9.17, 15) is 9.90 Å². The first-order chi connectivity index (χ1) is 11.2. The molecule has 4 nitrogen and oxygen atoms in total. The molecular formula is C19H19ClN2O2. The average molecular weight is 343 g/mol. The Morgan fingerprint density at radius 3 is 2.50 bits per heavy atom. The molecule has 0 aromatic heterocycles. The minimum absolute atomic E-state index is 0. The second kappa shape index (κ2) is 8.31. The Bertz CT molecular complexity index is 757. The fraction of sp³-hybridized carbons (Fsp3) is 0.158. The molecule has 1 heterocycles. The van der Waals surface area contributed by atoms with Crippen molar-refractivity contribution in [1.82, 2.24) is 0 Å². The van der Waals surface area contributed by atoms with Gasteiger partial charge in [0.1, 0.15) is 0 Å². The van der Waals surface area contributed by atoms with Crippen LogP contribution in [0.1, 0.15) is 17.5 Å². The van der Waals surface area contributed by atoms with E-state index in [0.717, 1.165) is 17.7 Å². The average Bonchev–Trinajstić information content (AvgIpc) is 2.72. The first-order valence-electron chi connectivity index (χ1n) is 7.58. The third kappa shape index (κ3) is 4.24. The molecule has 0 spiro atoms. The van der Waals surface area contributed by atoms with Gasteiger partial charge in [0.25, 0.3) is 0 Å². The fourth-order valence-electron chi connectivity index (χ4n) is 2.72. The van der Waals surface area contributed by atoms with E-state index in [1.165, 1.54) is 5.56 Å². The molecule has 24 heavy (non-hydrogen) atoms. The number of carboxylic acids is 1. The van der Waals surface area contributed by atoms with Gasteiger partial charge in [-0.25, -0.2) is 0 Å². The number of halogens is 1. The Morgan fingerprint density at radius 1 is 1.04 bits per heavy atom. The molecule has 0 aliphatic carbocycles. The molecule has 0 saturated carbocycles. The van der Waals surface area contributed by atoms with Gasteiger partial charge in [0.15, 0.2) is 0 Å². The predicted molar refractivity (Wildman–Crippen MR) is 99.1 cm³/mol. The van der Waals surface area contributed by atoms with Crippen LogP contribution in [-0.2, 0) is 11.2 Å². The Morgan fingerprint density at radius 2 is 1.75 bits per heavy atom. The molecular weight excluding hydrogens is 324 g/mol. The molecule has 5 heteroatoms. The Hall–Kier alpha value is -2.59. The number of fused-ring (bicyclic) bond motifs is 1. The summed E-state index contributed by atoms with van der Waals surface area (Å²) in [6.07, 6.45) is 4.23. The van der Waals surface area contributed by atoms with Crippen molar-refractivity contribution in [1.29, 1.82) is 0 Å². The molecule has 0 saturated heterocycles. The lowest BCUT2D eigenvalue weighted by Gasteiger charge is -2.27. The molecule has 1 N–H and O–H groups in total. The number of para-hydroxylation sites is 1. The molecule has 0 fully saturated rings. The first kappa shape index (κ1) is 17.8. The van der Waals surface area contributed by atoms with Crippen LogP contribution >= 0.6 is 12.4 Å².